The zero-order valence-corrected chi connectivity index (χ0v) is 10.5. The van der Waals surface area contributed by atoms with Crippen molar-refractivity contribution in [2.45, 2.75) is 20.4 Å². The number of oxazole rings is 1. The number of anilines is 2. The van der Waals surface area contributed by atoms with Crippen molar-refractivity contribution in [1.29, 1.82) is 0 Å². The lowest BCUT2D eigenvalue weighted by atomic mass is 10.4. The standard InChI is InChI=1S/C11H15N5O2/c1-6-7(2)18-8(16-6)4-13-11-9(17-3)10(12)14-5-15-11/h5H,4H2,1-3H3,(H3,12,13,14,15). The van der Waals surface area contributed by atoms with Crippen LogP contribution in [-0.2, 0) is 6.54 Å². The van der Waals surface area contributed by atoms with Gasteiger partial charge in [0, 0.05) is 0 Å². The predicted molar refractivity (Wildman–Crippen MR) is 66.3 cm³/mol. The van der Waals surface area contributed by atoms with Crippen molar-refractivity contribution < 1.29 is 9.15 Å². The van der Waals surface area contributed by atoms with Gasteiger partial charge in [-0.25, -0.2) is 15.0 Å². The normalized spacial score (nSPS) is 10.4. The van der Waals surface area contributed by atoms with Gasteiger partial charge in [-0.3, -0.25) is 0 Å². The number of nitrogens with one attached hydrogen (secondary N) is 1. The highest BCUT2D eigenvalue weighted by atomic mass is 16.5. The Morgan fingerprint density at radius 1 is 1.39 bits per heavy atom. The van der Waals surface area contributed by atoms with Gasteiger partial charge in [-0.05, 0) is 13.8 Å². The SMILES string of the molecule is COc1c(N)ncnc1NCc1nc(C)c(C)o1. The second kappa shape index (κ2) is 4.91. The minimum atomic E-state index is 0.287. The molecule has 96 valence electrons. The Hall–Kier alpha value is -2.31. The van der Waals surface area contributed by atoms with Crippen LogP contribution in [-0.4, -0.2) is 22.1 Å². The van der Waals surface area contributed by atoms with Gasteiger partial charge in [0.1, 0.15) is 12.1 Å². The van der Waals surface area contributed by atoms with Crippen molar-refractivity contribution in [3.8, 4) is 5.75 Å². The van der Waals surface area contributed by atoms with Crippen LogP contribution in [0.25, 0.3) is 0 Å². The Kier molecular flexibility index (Phi) is 3.31. The number of nitrogen functional groups attached to an aromatic ring is 1. The highest BCUT2D eigenvalue weighted by Crippen LogP contribution is 2.26. The first-order valence-corrected chi connectivity index (χ1v) is 5.43. The van der Waals surface area contributed by atoms with Crippen LogP contribution in [0, 0.1) is 13.8 Å². The number of ether oxygens (including phenoxy) is 1. The summed E-state index contributed by atoms with van der Waals surface area (Å²) in [5, 5.41) is 3.05. The number of nitrogens with zero attached hydrogens (tertiary/aromatic N) is 3. The van der Waals surface area contributed by atoms with Crippen LogP contribution < -0.4 is 15.8 Å². The number of nitrogens with two attached hydrogens (primary N) is 1. The molecule has 0 aromatic carbocycles. The molecule has 18 heavy (non-hydrogen) atoms. The molecule has 0 atom stereocenters. The summed E-state index contributed by atoms with van der Waals surface area (Å²) >= 11 is 0. The average Bonchev–Trinajstić information content (AvgIpc) is 2.66. The second-order valence-corrected chi connectivity index (χ2v) is 3.74. The molecule has 0 aliphatic rings. The third kappa shape index (κ3) is 2.34. The quantitative estimate of drug-likeness (QED) is 0.842. The first-order valence-electron chi connectivity index (χ1n) is 5.43. The van der Waals surface area contributed by atoms with Crippen LogP contribution >= 0.6 is 0 Å². The van der Waals surface area contributed by atoms with E-state index in [4.69, 9.17) is 14.9 Å². The maximum atomic E-state index is 5.67. The van der Waals surface area contributed by atoms with Gasteiger partial charge in [0.05, 0.1) is 19.3 Å². The summed E-state index contributed by atoms with van der Waals surface area (Å²) < 4.78 is 10.6. The van der Waals surface area contributed by atoms with Gasteiger partial charge in [0.25, 0.3) is 0 Å². The van der Waals surface area contributed by atoms with Crippen molar-refractivity contribution in [2.24, 2.45) is 0 Å². The topological polar surface area (TPSA) is 99.1 Å². The lowest BCUT2D eigenvalue weighted by Gasteiger charge is -2.09. The summed E-state index contributed by atoms with van der Waals surface area (Å²) in [6.45, 7) is 4.17. The van der Waals surface area contributed by atoms with E-state index in [0.29, 0.717) is 24.0 Å². The summed E-state index contributed by atoms with van der Waals surface area (Å²) in [6.07, 6.45) is 1.37. The minimum absolute atomic E-state index is 0.287. The molecule has 0 saturated carbocycles. The van der Waals surface area contributed by atoms with E-state index < -0.39 is 0 Å². The fourth-order valence-corrected chi connectivity index (χ4v) is 1.49. The number of rotatable bonds is 4. The number of methoxy groups -OCH3 is 1. The zero-order valence-electron chi connectivity index (χ0n) is 10.5. The highest BCUT2D eigenvalue weighted by Gasteiger charge is 2.11. The second-order valence-electron chi connectivity index (χ2n) is 3.74. The van der Waals surface area contributed by atoms with Gasteiger partial charge in [-0.2, -0.15) is 0 Å². The van der Waals surface area contributed by atoms with E-state index in [2.05, 4.69) is 20.3 Å². The maximum absolute atomic E-state index is 5.67. The van der Waals surface area contributed by atoms with E-state index >= 15 is 0 Å². The fraction of sp³-hybridized carbons (Fsp3) is 0.364. The zero-order chi connectivity index (χ0) is 13.1. The number of hydrogen-bond donors (Lipinski definition) is 2. The Labute approximate surface area is 104 Å². The minimum Gasteiger partial charge on any atom is -0.490 e. The molecular weight excluding hydrogens is 234 g/mol. The molecule has 3 N–H and O–H groups in total. The molecule has 7 heteroatoms. The molecule has 0 spiro atoms. The lowest BCUT2D eigenvalue weighted by Crippen LogP contribution is -2.06. The lowest BCUT2D eigenvalue weighted by molar-refractivity contribution is 0.414. The van der Waals surface area contributed by atoms with Crippen molar-refractivity contribution >= 4 is 11.6 Å². The van der Waals surface area contributed by atoms with Crippen molar-refractivity contribution in [3.63, 3.8) is 0 Å². The molecule has 2 rings (SSSR count). The smallest absolute Gasteiger partial charge is 0.213 e. The van der Waals surface area contributed by atoms with E-state index in [-0.39, 0.29) is 5.82 Å². The Morgan fingerprint density at radius 2 is 2.17 bits per heavy atom. The molecule has 0 unspecified atom stereocenters. The van der Waals surface area contributed by atoms with Gasteiger partial charge in [-0.15, -0.1) is 0 Å². The van der Waals surface area contributed by atoms with Crippen molar-refractivity contribution in [3.05, 3.63) is 23.7 Å². The number of aryl methyl sites for hydroxylation is 2. The Bertz CT molecular complexity index is 533. The first-order chi connectivity index (χ1) is 8.61. The molecule has 7 nitrogen and oxygen atoms in total. The van der Waals surface area contributed by atoms with E-state index in [1.165, 1.54) is 13.4 Å². The number of hydrogen-bond acceptors (Lipinski definition) is 7. The van der Waals surface area contributed by atoms with Crippen molar-refractivity contribution in [2.75, 3.05) is 18.2 Å². The summed E-state index contributed by atoms with van der Waals surface area (Å²) in [5.41, 5.74) is 6.55. The molecular formula is C11H15N5O2. The van der Waals surface area contributed by atoms with Gasteiger partial charge in [-0.1, -0.05) is 0 Å². The molecule has 0 aliphatic carbocycles. The fourth-order valence-electron chi connectivity index (χ4n) is 1.49. The summed E-state index contributed by atoms with van der Waals surface area (Å²) in [4.78, 5) is 12.2. The summed E-state index contributed by atoms with van der Waals surface area (Å²) in [6, 6.07) is 0. The Balaban J connectivity index is 2.13. The first kappa shape index (κ1) is 12.2. The van der Waals surface area contributed by atoms with E-state index in [0.717, 1.165) is 11.5 Å². The van der Waals surface area contributed by atoms with Crippen LogP contribution in [0.2, 0.25) is 0 Å². The third-order valence-electron chi connectivity index (χ3n) is 2.52. The van der Waals surface area contributed by atoms with Crippen LogP contribution in [0.4, 0.5) is 11.6 Å². The molecule has 0 saturated heterocycles. The van der Waals surface area contributed by atoms with E-state index in [9.17, 15) is 0 Å². The predicted octanol–water partition coefficient (Wildman–Crippen LogP) is 1.28. The molecule has 2 heterocycles. The molecule has 0 aliphatic heterocycles. The molecule has 0 bridgehead atoms. The van der Waals surface area contributed by atoms with Gasteiger partial charge >= 0.3 is 0 Å². The maximum Gasteiger partial charge on any atom is 0.213 e. The molecule has 0 amide bonds. The largest absolute Gasteiger partial charge is 0.490 e. The highest BCUT2D eigenvalue weighted by molar-refractivity contribution is 5.61. The molecule has 0 fully saturated rings. The summed E-state index contributed by atoms with van der Waals surface area (Å²) in [7, 11) is 1.51. The van der Waals surface area contributed by atoms with Gasteiger partial charge < -0.3 is 20.2 Å². The van der Waals surface area contributed by atoms with Crippen LogP contribution in [0.3, 0.4) is 0 Å². The molecule has 0 radical (unpaired) electrons. The Morgan fingerprint density at radius 3 is 2.78 bits per heavy atom. The van der Waals surface area contributed by atoms with Crippen molar-refractivity contribution in [1.82, 2.24) is 15.0 Å². The molecule has 2 aromatic rings. The van der Waals surface area contributed by atoms with Gasteiger partial charge in [0.15, 0.2) is 11.6 Å². The summed E-state index contributed by atoms with van der Waals surface area (Å²) in [5.74, 6) is 2.61. The molecule has 2 aromatic heterocycles. The third-order valence-corrected chi connectivity index (χ3v) is 2.52. The number of aromatic nitrogens is 3. The monoisotopic (exact) mass is 249 g/mol. The van der Waals surface area contributed by atoms with Crippen LogP contribution in [0.15, 0.2) is 10.7 Å². The van der Waals surface area contributed by atoms with Gasteiger partial charge in [0.2, 0.25) is 11.6 Å². The van der Waals surface area contributed by atoms with E-state index in [1.807, 2.05) is 13.8 Å². The van der Waals surface area contributed by atoms with Crippen LogP contribution in [0.5, 0.6) is 5.75 Å². The van der Waals surface area contributed by atoms with Crippen LogP contribution in [0.1, 0.15) is 17.3 Å². The average molecular weight is 249 g/mol. The van der Waals surface area contributed by atoms with E-state index in [1.54, 1.807) is 0 Å².